The smallest absolute Gasteiger partial charge is 0.131 e. The molecule has 108 valence electrons. The molecule has 1 aliphatic rings. The Bertz CT molecular complexity index is 645. The molecule has 0 bridgehead atoms. The third-order valence-corrected chi connectivity index (χ3v) is 3.86. The molecule has 0 spiro atoms. The minimum atomic E-state index is -0.0518. The van der Waals surface area contributed by atoms with E-state index in [1.807, 2.05) is 30.3 Å². The maximum atomic E-state index is 5.99. The van der Waals surface area contributed by atoms with E-state index in [0.717, 1.165) is 29.5 Å². The SMILES string of the molecule is CC1(C)CN(Cc2ccccc2)C(c2ccc(Cl)cc2)=N1. The highest BCUT2D eigenvalue weighted by atomic mass is 35.5. The summed E-state index contributed by atoms with van der Waals surface area (Å²) in [5, 5.41) is 0.756. The minimum absolute atomic E-state index is 0.0518. The Morgan fingerprint density at radius 2 is 1.71 bits per heavy atom. The van der Waals surface area contributed by atoms with E-state index >= 15 is 0 Å². The zero-order valence-electron chi connectivity index (χ0n) is 12.4. The monoisotopic (exact) mass is 298 g/mol. The number of aliphatic imine (C=N–C) groups is 1. The first-order valence-electron chi connectivity index (χ1n) is 7.18. The molecule has 1 heterocycles. The van der Waals surface area contributed by atoms with Gasteiger partial charge in [-0.15, -0.1) is 0 Å². The molecule has 3 heteroatoms. The summed E-state index contributed by atoms with van der Waals surface area (Å²) >= 11 is 5.99. The third kappa shape index (κ3) is 3.27. The summed E-state index contributed by atoms with van der Waals surface area (Å²) in [4.78, 5) is 7.24. The van der Waals surface area contributed by atoms with E-state index in [9.17, 15) is 0 Å². The molecule has 0 saturated heterocycles. The second-order valence-electron chi connectivity index (χ2n) is 6.10. The molecule has 0 saturated carbocycles. The van der Waals surface area contributed by atoms with Crippen LogP contribution < -0.4 is 0 Å². The predicted octanol–water partition coefficient (Wildman–Crippen LogP) is 4.38. The number of rotatable bonds is 3. The summed E-state index contributed by atoms with van der Waals surface area (Å²) in [5.41, 5.74) is 2.38. The van der Waals surface area contributed by atoms with E-state index in [0.29, 0.717) is 0 Å². The van der Waals surface area contributed by atoms with Crippen molar-refractivity contribution in [1.29, 1.82) is 0 Å². The van der Waals surface area contributed by atoms with Gasteiger partial charge in [-0.25, -0.2) is 0 Å². The van der Waals surface area contributed by atoms with Crippen LogP contribution in [0.3, 0.4) is 0 Å². The summed E-state index contributed by atoms with van der Waals surface area (Å²) < 4.78 is 0. The average molecular weight is 299 g/mol. The van der Waals surface area contributed by atoms with Crippen molar-refractivity contribution in [2.45, 2.75) is 25.9 Å². The Kier molecular flexibility index (Phi) is 3.73. The Morgan fingerprint density at radius 3 is 2.38 bits per heavy atom. The second kappa shape index (κ2) is 5.53. The van der Waals surface area contributed by atoms with Crippen LogP contribution in [0.25, 0.3) is 0 Å². The zero-order chi connectivity index (χ0) is 14.9. The molecule has 21 heavy (non-hydrogen) atoms. The lowest BCUT2D eigenvalue weighted by Crippen LogP contribution is -2.32. The summed E-state index contributed by atoms with van der Waals surface area (Å²) in [6.45, 7) is 6.16. The fourth-order valence-corrected chi connectivity index (χ4v) is 2.84. The first-order chi connectivity index (χ1) is 10.0. The van der Waals surface area contributed by atoms with Crippen LogP contribution >= 0.6 is 11.6 Å². The van der Waals surface area contributed by atoms with Crippen molar-refractivity contribution in [3.05, 3.63) is 70.7 Å². The average Bonchev–Trinajstić information content (AvgIpc) is 2.76. The van der Waals surface area contributed by atoms with Gasteiger partial charge in [-0.1, -0.05) is 41.9 Å². The molecule has 0 radical (unpaired) electrons. The Labute approximate surface area is 131 Å². The van der Waals surface area contributed by atoms with E-state index in [-0.39, 0.29) is 5.54 Å². The predicted molar refractivity (Wildman–Crippen MR) is 88.9 cm³/mol. The zero-order valence-corrected chi connectivity index (χ0v) is 13.1. The van der Waals surface area contributed by atoms with Crippen molar-refractivity contribution >= 4 is 17.4 Å². The molecule has 0 aromatic heterocycles. The first kappa shape index (κ1) is 14.2. The van der Waals surface area contributed by atoms with Gasteiger partial charge < -0.3 is 4.90 Å². The van der Waals surface area contributed by atoms with Crippen LogP contribution in [0.4, 0.5) is 0 Å². The molecule has 0 aliphatic carbocycles. The molecular weight excluding hydrogens is 280 g/mol. The van der Waals surface area contributed by atoms with Crippen LogP contribution in [0.2, 0.25) is 5.02 Å². The molecule has 0 atom stereocenters. The summed E-state index contributed by atoms with van der Waals surface area (Å²) in [6.07, 6.45) is 0. The molecule has 2 nitrogen and oxygen atoms in total. The van der Waals surface area contributed by atoms with Gasteiger partial charge in [0, 0.05) is 23.7 Å². The van der Waals surface area contributed by atoms with Crippen molar-refractivity contribution in [3.8, 4) is 0 Å². The third-order valence-electron chi connectivity index (χ3n) is 3.60. The van der Waals surface area contributed by atoms with E-state index in [2.05, 4.69) is 43.0 Å². The Balaban J connectivity index is 1.89. The summed E-state index contributed by atoms with van der Waals surface area (Å²) in [5.74, 6) is 1.06. The molecule has 0 N–H and O–H groups in total. The van der Waals surface area contributed by atoms with Crippen LogP contribution in [0.5, 0.6) is 0 Å². The molecule has 2 aromatic carbocycles. The molecule has 0 unspecified atom stereocenters. The van der Waals surface area contributed by atoms with E-state index in [4.69, 9.17) is 16.6 Å². The quantitative estimate of drug-likeness (QED) is 0.821. The molecule has 1 aliphatic heterocycles. The van der Waals surface area contributed by atoms with Gasteiger partial charge in [0.15, 0.2) is 0 Å². The lowest BCUT2D eigenvalue weighted by molar-refractivity contribution is 0.370. The number of nitrogens with zero attached hydrogens (tertiary/aromatic N) is 2. The fourth-order valence-electron chi connectivity index (χ4n) is 2.72. The standard InChI is InChI=1S/C18H19ClN2/c1-18(2)13-21(12-14-6-4-3-5-7-14)17(20-18)15-8-10-16(19)11-9-15/h3-11H,12-13H2,1-2H3. The van der Waals surface area contributed by atoms with Gasteiger partial charge >= 0.3 is 0 Å². The van der Waals surface area contributed by atoms with E-state index < -0.39 is 0 Å². The number of hydrogen-bond donors (Lipinski definition) is 0. The van der Waals surface area contributed by atoms with Crippen molar-refractivity contribution in [2.75, 3.05) is 6.54 Å². The highest BCUT2D eigenvalue weighted by molar-refractivity contribution is 6.30. The molecule has 3 rings (SSSR count). The lowest BCUT2D eigenvalue weighted by atomic mass is 10.1. The Morgan fingerprint density at radius 1 is 1.05 bits per heavy atom. The van der Waals surface area contributed by atoms with Crippen LogP contribution in [0.15, 0.2) is 59.6 Å². The number of amidine groups is 1. The largest absolute Gasteiger partial charge is 0.350 e. The molecular formula is C18H19ClN2. The minimum Gasteiger partial charge on any atom is -0.350 e. The van der Waals surface area contributed by atoms with E-state index in [1.165, 1.54) is 5.56 Å². The first-order valence-corrected chi connectivity index (χ1v) is 7.56. The van der Waals surface area contributed by atoms with Gasteiger partial charge in [0.2, 0.25) is 0 Å². The van der Waals surface area contributed by atoms with Crippen molar-refractivity contribution in [1.82, 2.24) is 4.90 Å². The number of hydrogen-bond acceptors (Lipinski definition) is 2. The van der Waals surface area contributed by atoms with Gasteiger partial charge in [0.25, 0.3) is 0 Å². The van der Waals surface area contributed by atoms with Crippen LogP contribution in [-0.2, 0) is 6.54 Å². The van der Waals surface area contributed by atoms with Gasteiger partial charge in [-0.3, -0.25) is 4.99 Å². The fraction of sp³-hybridized carbons (Fsp3) is 0.278. The van der Waals surface area contributed by atoms with Crippen LogP contribution in [-0.4, -0.2) is 22.8 Å². The molecule has 0 amide bonds. The highest BCUT2D eigenvalue weighted by Crippen LogP contribution is 2.26. The lowest BCUT2D eigenvalue weighted by Gasteiger charge is -2.23. The maximum Gasteiger partial charge on any atom is 0.131 e. The maximum absolute atomic E-state index is 5.99. The van der Waals surface area contributed by atoms with Crippen molar-refractivity contribution < 1.29 is 0 Å². The van der Waals surface area contributed by atoms with Gasteiger partial charge in [-0.2, -0.15) is 0 Å². The molecule has 0 fully saturated rings. The summed E-state index contributed by atoms with van der Waals surface area (Å²) in [7, 11) is 0. The van der Waals surface area contributed by atoms with Crippen LogP contribution in [0, 0.1) is 0 Å². The van der Waals surface area contributed by atoms with E-state index in [1.54, 1.807) is 0 Å². The van der Waals surface area contributed by atoms with Gasteiger partial charge in [0.1, 0.15) is 5.84 Å². The topological polar surface area (TPSA) is 15.6 Å². The number of halogens is 1. The normalized spacial score (nSPS) is 16.9. The summed E-state index contributed by atoms with van der Waals surface area (Å²) in [6, 6.07) is 18.4. The second-order valence-corrected chi connectivity index (χ2v) is 6.53. The Hall–Kier alpha value is -1.80. The number of benzene rings is 2. The highest BCUT2D eigenvalue weighted by Gasteiger charge is 2.31. The van der Waals surface area contributed by atoms with Crippen LogP contribution in [0.1, 0.15) is 25.0 Å². The molecule has 2 aromatic rings. The van der Waals surface area contributed by atoms with Gasteiger partial charge in [0.05, 0.1) is 5.54 Å². The van der Waals surface area contributed by atoms with Crippen molar-refractivity contribution in [2.24, 2.45) is 4.99 Å². The van der Waals surface area contributed by atoms with Gasteiger partial charge in [-0.05, 0) is 43.7 Å². The van der Waals surface area contributed by atoms with Crippen molar-refractivity contribution in [3.63, 3.8) is 0 Å².